The molecule has 0 aromatic heterocycles. The van der Waals surface area contributed by atoms with Gasteiger partial charge in [0.15, 0.2) is 0 Å². The topological polar surface area (TPSA) is 38.0 Å². The van der Waals surface area contributed by atoms with Crippen LogP contribution >= 0.6 is 0 Å². The lowest BCUT2D eigenvalue weighted by atomic mass is 10.2. The molecule has 0 fully saturated rings. The van der Waals surface area contributed by atoms with Crippen molar-refractivity contribution in [2.75, 3.05) is 5.43 Å². The van der Waals surface area contributed by atoms with E-state index in [1.807, 2.05) is 24.3 Å². The van der Waals surface area contributed by atoms with E-state index in [0.717, 1.165) is 11.3 Å². The molecule has 52 valence electrons. The van der Waals surface area contributed by atoms with Crippen molar-refractivity contribution in [3.05, 3.63) is 36.4 Å². The van der Waals surface area contributed by atoms with E-state index in [1.54, 1.807) is 6.08 Å². The van der Waals surface area contributed by atoms with Crippen LogP contribution in [0.2, 0.25) is 0 Å². The van der Waals surface area contributed by atoms with Crippen LogP contribution in [-0.2, 0) is 0 Å². The molecule has 0 amide bonds. The van der Waals surface area contributed by atoms with Gasteiger partial charge in [0.2, 0.25) is 0 Å². The van der Waals surface area contributed by atoms with Gasteiger partial charge >= 0.3 is 0 Å². The molecule has 0 heterocycles. The molecule has 0 bridgehead atoms. The van der Waals surface area contributed by atoms with E-state index in [-0.39, 0.29) is 0 Å². The molecule has 0 unspecified atom stereocenters. The van der Waals surface area contributed by atoms with Gasteiger partial charge in [-0.25, -0.2) is 0 Å². The van der Waals surface area contributed by atoms with E-state index in [1.165, 1.54) is 0 Å². The lowest BCUT2D eigenvalue weighted by Crippen LogP contribution is -2.05. The second-order valence-corrected chi connectivity index (χ2v) is 1.97. The number of anilines is 1. The van der Waals surface area contributed by atoms with Crippen molar-refractivity contribution in [1.29, 1.82) is 0 Å². The van der Waals surface area contributed by atoms with Gasteiger partial charge in [0.1, 0.15) is 0 Å². The molecular formula is C8H10N2. The molecule has 1 aromatic rings. The summed E-state index contributed by atoms with van der Waals surface area (Å²) in [6.45, 7) is 3.63. The van der Waals surface area contributed by atoms with Gasteiger partial charge in [0, 0.05) is 5.69 Å². The molecule has 0 radical (unpaired) electrons. The number of rotatable bonds is 2. The molecule has 10 heavy (non-hydrogen) atoms. The van der Waals surface area contributed by atoms with Crippen LogP contribution in [0.4, 0.5) is 5.69 Å². The number of benzene rings is 1. The summed E-state index contributed by atoms with van der Waals surface area (Å²) in [5.74, 6) is 5.17. The van der Waals surface area contributed by atoms with Crippen LogP contribution in [0.1, 0.15) is 5.56 Å². The third-order valence-corrected chi connectivity index (χ3v) is 1.31. The minimum absolute atomic E-state index is 0.908. The second-order valence-electron chi connectivity index (χ2n) is 1.97. The quantitative estimate of drug-likeness (QED) is 0.476. The van der Waals surface area contributed by atoms with Crippen LogP contribution < -0.4 is 11.3 Å². The van der Waals surface area contributed by atoms with Gasteiger partial charge in [-0.2, -0.15) is 0 Å². The highest BCUT2D eigenvalue weighted by Gasteiger charge is 1.85. The van der Waals surface area contributed by atoms with Crippen LogP contribution in [0.25, 0.3) is 6.08 Å². The molecule has 0 saturated heterocycles. The number of hydrazine groups is 1. The van der Waals surface area contributed by atoms with E-state index < -0.39 is 0 Å². The maximum absolute atomic E-state index is 5.17. The fraction of sp³-hybridized carbons (Fsp3) is 0. The standard InChI is InChI=1S/C8H10N2/c1-2-7-3-5-8(10-9)6-4-7/h2-6,10H,1,9H2. The minimum Gasteiger partial charge on any atom is -0.324 e. The summed E-state index contributed by atoms with van der Waals surface area (Å²) < 4.78 is 0. The first-order valence-corrected chi connectivity index (χ1v) is 3.06. The van der Waals surface area contributed by atoms with Crippen molar-refractivity contribution in [1.82, 2.24) is 0 Å². The van der Waals surface area contributed by atoms with Gasteiger partial charge in [-0.05, 0) is 17.7 Å². The van der Waals surface area contributed by atoms with Gasteiger partial charge in [0.25, 0.3) is 0 Å². The molecule has 2 heteroatoms. The summed E-state index contributed by atoms with van der Waals surface area (Å²) in [5.41, 5.74) is 4.55. The Morgan fingerprint density at radius 3 is 2.30 bits per heavy atom. The number of hydrogen-bond acceptors (Lipinski definition) is 2. The number of nitrogens with two attached hydrogens (primary N) is 1. The summed E-state index contributed by atoms with van der Waals surface area (Å²) in [4.78, 5) is 0. The second kappa shape index (κ2) is 3.03. The minimum atomic E-state index is 0.908. The summed E-state index contributed by atoms with van der Waals surface area (Å²) in [6.07, 6.45) is 1.79. The smallest absolute Gasteiger partial charge is 0.0485 e. The third kappa shape index (κ3) is 1.36. The Labute approximate surface area is 60.3 Å². The van der Waals surface area contributed by atoms with Crippen molar-refractivity contribution in [3.63, 3.8) is 0 Å². The normalized spacial score (nSPS) is 8.90. The molecule has 3 N–H and O–H groups in total. The Bertz CT molecular complexity index is 213. The Hall–Kier alpha value is -1.28. The van der Waals surface area contributed by atoms with Gasteiger partial charge in [-0.15, -0.1) is 0 Å². The lowest BCUT2D eigenvalue weighted by Gasteiger charge is -1.97. The van der Waals surface area contributed by atoms with Crippen molar-refractivity contribution < 1.29 is 0 Å². The monoisotopic (exact) mass is 134 g/mol. The molecular weight excluding hydrogens is 124 g/mol. The van der Waals surface area contributed by atoms with E-state index >= 15 is 0 Å². The van der Waals surface area contributed by atoms with Crippen LogP contribution in [-0.4, -0.2) is 0 Å². The Morgan fingerprint density at radius 1 is 1.30 bits per heavy atom. The first-order chi connectivity index (χ1) is 4.86. The van der Waals surface area contributed by atoms with Crippen LogP contribution in [0.3, 0.4) is 0 Å². The zero-order valence-corrected chi connectivity index (χ0v) is 5.67. The highest BCUT2D eigenvalue weighted by molar-refractivity contribution is 5.52. The maximum Gasteiger partial charge on any atom is 0.0485 e. The molecule has 1 aromatic carbocycles. The summed E-state index contributed by atoms with van der Waals surface area (Å²) in [6, 6.07) is 7.69. The van der Waals surface area contributed by atoms with Crippen LogP contribution in [0, 0.1) is 0 Å². The van der Waals surface area contributed by atoms with Gasteiger partial charge in [-0.3, -0.25) is 5.84 Å². The Balaban J connectivity index is 2.90. The van der Waals surface area contributed by atoms with Gasteiger partial charge < -0.3 is 5.43 Å². The predicted molar refractivity (Wildman–Crippen MR) is 44.3 cm³/mol. The Kier molecular flexibility index (Phi) is 2.07. The molecule has 0 aliphatic rings. The summed E-state index contributed by atoms with van der Waals surface area (Å²) in [7, 11) is 0. The molecule has 1 rings (SSSR count). The number of hydrogen-bond donors (Lipinski definition) is 2. The molecule has 0 atom stereocenters. The molecule has 0 saturated carbocycles. The van der Waals surface area contributed by atoms with Gasteiger partial charge in [0.05, 0.1) is 0 Å². The molecule has 0 aliphatic heterocycles. The maximum atomic E-state index is 5.17. The molecule has 2 nitrogen and oxygen atoms in total. The SMILES string of the molecule is C=Cc1ccc(NN)cc1. The van der Waals surface area contributed by atoms with Gasteiger partial charge in [-0.1, -0.05) is 24.8 Å². The van der Waals surface area contributed by atoms with E-state index in [9.17, 15) is 0 Å². The zero-order valence-electron chi connectivity index (χ0n) is 5.67. The fourth-order valence-corrected chi connectivity index (χ4v) is 0.715. The highest BCUT2D eigenvalue weighted by atomic mass is 15.2. The van der Waals surface area contributed by atoms with Crippen LogP contribution in [0.5, 0.6) is 0 Å². The van der Waals surface area contributed by atoms with Crippen molar-refractivity contribution in [2.45, 2.75) is 0 Å². The number of nitrogen functional groups attached to an aromatic ring is 1. The average molecular weight is 134 g/mol. The molecule has 0 aliphatic carbocycles. The zero-order chi connectivity index (χ0) is 7.40. The largest absolute Gasteiger partial charge is 0.324 e. The lowest BCUT2D eigenvalue weighted by molar-refractivity contribution is 1.35. The van der Waals surface area contributed by atoms with Crippen molar-refractivity contribution >= 4 is 11.8 Å². The summed E-state index contributed by atoms with van der Waals surface area (Å²) in [5, 5.41) is 0. The predicted octanol–water partition coefficient (Wildman–Crippen LogP) is 1.62. The van der Waals surface area contributed by atoms with Crippen LogP contribution in [0.15, 0.2) is 30.8 Å². The summed E-state index contributed by atoms with van der Waals surface area (Å²) >= 11 is 0. The first kappa shape index (κ1) is 6.83. The number of nitrogens with one attached hydrogen (secondary N) is 1. The van der Waals surface area contributed by atoms with E-state index in [0.29, 0.717) is 0 Å². The van der Waals surface area contributed by atoms with Crippen molar-refractivity contribution in [3.8, 4) is 0 Å². The third-order valence-electron chi connectivity index (χ3n) is 1.31. The molecule has 0 spiro atoms. The van der Waals surface area contributed by atoms with E-state index in [2.05, 4.69) is 12.0 Å². The fourth-order valence-electron chi connectivity index (χ4n) is 0.715. The highest BCUT2D eigenvalue weighted by Crippen LogP contribution is 2.07. The van der Waals surface area contributed by atoms with E-state index in [4.69, 9.17) is 5.84 Å². The first-order valence-electron chi connectivity index (χ1n) is 3.06. The Morgan fingerprint density at radius 2 is 1.90 bits per heavy atom. The average Bonchev–Trinajstić information content (AvgIpc) is 2.05. The van der Waals surface area contributed by atoms with Crippen molar-refractivity contribution in [2.24, 2.45) is 5.84 Å².